The van der Waals surface area contributed by atoms with Crippen LogP contribution in [0.15, 0.2) is 53.3 Å². The van der Waals surface area contributed by atoms with E-state index >= 15 is 0 Å². The average molecular weight is 340 g/mol. The number of hydrogen-bond acceptors (Lipinski definition) is 5. The van der Waals surface area contributed by atoms with E-state index in [4.69, 9.17) is 9.47 Å². The number of amides is 1. The molecule has 0 radical (unpaired) electrons. The minimum absolute atomic E-state index is 0.242. The summed E-state index contributed by atoms with van der Waals surface area (Å²) in [6, 6.07) is 13.3. The summed E-state index contributed by atoms with van der Waals surface area (Å²) in [6.45, 7) is 0. The van der Waals surface area contributed by atoms with E-state index in [1.807, 2.05) is 0 Å². The van der Waals surface area contributed by atoms with E-state index in [0.29, 0.717) is 16.7 Å². The van der Waals surface area contributed by atoms with Gasteiger partial charge in [0.05, 0.1) is 12.6 Å². The lowest BCUT2D eigenvalue weighted by atomic mass is 10.2. The van der Waals surface area contributed by atoms with E-state index in [2.05, 4.69) is 5.32 Å². The molecule has 0 aliphatic heterocycles. The van der Waals surface area contributed by atoms with Gasteiger partial charge in [-0.25, -0.2) is 4.79 Å². The molecule has 7 heteroatoms. The number of ether oxygens (including phenoxy) is 2. The number of nitrogens with zero attached hydrogens (tertiary/aromatic N) is 1. The minimum atomic E-state index is -0.893. The second-order valence-electron chi connectivity index (χ2n) is 5.30. The van der Waals surface area contributed by atoms with Gasteiger partial charge in [-0.1, -0.05) is 18.2 Å². The summed E-state index contributed by atoms with van der Waals surface area (Å²) >= 11 is 0. The summed E-state index contributed by atoms with van der Waals surface area (Å²) < 4.78 is 11.5. The quantitative estimate of drug-likeness (QED) is 0.765. The first-order chi connectivity index (χ1) is 12.0. The molecule has 0 unspecified atom stereocenters. The van der Waals surface area contributed by atoms with Gasteiger partial charge in [0.2, 0.25) is 0 Å². The lowest BCUT2D eigenvalue weighted by Crippen LogP contribution is -2.26. The third-order valence-electron chi connectivity index (χ3n) is 3.75. The number of nitrogens with one attached hydrogen (secondary N) is 1. The number of carbonyl (C=O) groups is 1. The van der Waals surface area contributed by atoms with Crippen LogP contribution in [0, 0.1) is 0 Å². The Balaban J connectivity index is 1.92. The number of pyridine rings is 1. The second kappa shape index (κ2) is 6.56. The Kier molecular flexibility index (Phi) is 4.30. The minimum Gasteiger partial charge on any atom is -0.505 e. The van der Waals surface area contributed by atoms with Crippen LogP contribution >= 0.6 is 0 Å². The molecular weight excluding hydrogens is 324 g/mol. The molecule has 0 atom stereocenters. The Morgan fingerprint density at radius 1 is 1.12 bits per heavy atom. The lowest BCUT2D eigenvalue weighted by molar-refractivity contribution is 0.215. The van der Waals surface area contributed by atoms with Crippen molar-refractivity contribution in [3.63, 3.8) is 0 Å². The molecule has 0 fully saturated rings. The molecule has 0 spiro atoms. The van der Waals surface area contributed by atoms with E-state index < -0.39 is 11.7 Å². The molecule has 0 aliphatic rings. The zero-order chi connectivity index (χ0) is 18.0. The van der Waals surface area contributed by atoms with Gasteiger partial charge < -0.3 is 19.1 Å². The largest absolute Gasteiger partial charge is 0.505 e. The van der Waals surface area contributed by atoms with E-state index in [9.17, 15) is 14.7 Å². The van der Waals surface area contributed by atoms with Crippen LogP contribution in [0.4, 0.5) is 10.5 Å². The standard InChI is InChI=1S/C18H16N2O5/c1-20-14-9-4-3-8-13(14)16(21)15(17(20)22)19-18(23)25-12-7-5-6-11(10-12)24-2/h3-10,21H,1-2H3,(H,19,23). The zero-order valence-corrected chi connectivity index (χ0v) is 13.6. The van der Waals surface area contributed by atoms with E-state index in [0.717, 1.165) is 0 Å². The van der Waals surface area contributed by atoms with Crippen LogP contribution in [-0.4, -0.2) is 22.9 Å². The number of carbonyl (C=O) groups excluding carboxylic acids is 1. The second-order valence-corrected chi connectivity index (χ2v) is 5.30. The van der Waals surface area contributed by atoms with Crippen LogP contribution in [0.5, 0.6) is 17.2 Å². The highest BCUT2D eigenvalue weighted by Gasteiger charge is 2.17. The van der Waals surface area contributed by atoms with Crippen molar-refractivity contribution in [3.8, 4) is 17.2 Å². The van der Waals surface area contributed by atoms with Crippen molar-refractivity contribution in [2.24, 2.45) is 7.05 Å². The zero-order valence-electron chi connectivity index (χ0n) is 13.6. The SMILES string of the molecule is COc1cccc(OC(=O)Nc2c(O)c3ccccc3n(C)c2=O)c1. The summed E-state index contributed by atoms with van der Waals surface area (Å²) in [6.07, 6.45) is -0.893. The third-order valence-corrected chi connectivity index (χ3v) is 3.75. The predicted octanol–water partition coefficient (Wildman–Crippen LogP) is 2.86. The Morgan fingerprint density at radius 2 is 1.84 bits per heavy atom. The van der Waals surface area contributed by atoms with Crippen molar-refractivity contribution in [1.82, 2.24) is 4.57 Å². The maximum atomic E-state index is 12.4. The molecule has 0 bridgehead atoms. The summed E-state index contributed by atoms with van der Waals surface area (Å²) in [4.78, 5) is 24.5. The van der Waals surface area contributed by atoms with Gasteiger partial charge in [0.1, 0.15) is 11.5 Å². The van der Waals surface area contributed by atoms with Crippen molar-refractivity contribution in [2.75, 3.05) is 12.4 Å². The highest BCUT2D eigenvalue weighted by Crippen LogP contribution is 2.29. The summed E-state index contributed by atoms with van der Waals surface area (Å²) in [5.74, 6) is 0.463. The van der Waals surface area contributed by atoms with Gasteiger partial charge in [0, 0.05) is 18.5 Å². The molecule has 0 aliphatic carbocycles. The summed E-state index contributed by atoms with van der Waals surface area (Å²) in [5.41, 5.74) is -0.232. The molecule has 0 saturated heterocycles. The number of fused-ring (bicyclic) bond motifs is 1. The number of aromatic nitrogens is 1. The first kappa shape index (κ1) is 16.4. The number of para-hydroxylation sites is 1. The highest BCUT2D eigenvalue weighted by atomic mass is 16.6. The fourth-order valence-corrected chi connectivity index (χ4v) is 2.49. The smallest absolute Gasteiger partial charge is 0.417 e. The number of aryl methyl sites for hydroxylation is 1. The van der Waals surface area contributed by atoms with Crippen molar-refractivity contribution < 1.29 is 19.4 Å². The monoisotopic (exact) mass is 340 g/mol. The molecule has 3 aromatic rings. The van der Waals surface area contributed by atoms with Crippen LogP contribution in [0.1, 0.15) is 0 Å². The number of methoxy groups -OCH3 is 1. The normalized spacial score (nSPS) is 10.5. The Bertz CT molecular complexity index is 1010. The molecule has 2 N–H and O–H groups in total. The van der Waals surface area contributed by atoms with Crippen molar-refractivity contribution >= 4 is 22.7 Å². The number of anilines is 1. The van der Waals surface area contributed by atoms with Gasteiger partial charge in [0.25, 0.3) is 5.56 Å². The van der Waals surface area contributed by atoms with Gasteiger partial charge >= 0.3 is 6.09 Å². The maximum Gasteiger partial charge on any atom is 0.417 e. The van der Waals surface area contributed by atoms with Crippen LogP contribution in [0.3, 0.4) is 0 Å². The molecule has 1 heterocycles. The van der Waals surface area contributed by atoms with Gasteiger partial charge in [0.15, 0.2) is 11.4 Å². The number of hydrogen-bond donors (Lipinski definition) is 2. The van der Waals surface area contributed by atoms with Gasteiger partial charge in [-0.15, -0.1) is 0 Å². The van der Waals surface area contributed by atoms with Gasteiger partial charge in [-0.05, 0) is 24.3 Å². The van der Waals surface area contributed by atoms with E-state index in [1.165, 1.54) is 17.7 Å². The van der Waals surface area contributed by atoms with Crippen molar-refractivity contribution in [1.29, 1.82) is 0 Å². The molecule has 25 heavy (non-hydrogen) atoms. The van der Waals surface area contributed by atoms with Crippen LogP contribution in [-0.2, 0) is 7.05 Å². The van der Waals surface area contributed by atoms with E-state index in [-0.39, 0.29) is 17.2 Å². The molecule has 1 aromatic heterocycles. The van der Waals surface area contributed by atoms with Gasteiger partial charge in [-0.2, -0.15) is 0 Å². The number of aromatic hydroxyl groups is 1. The van der Waals surface area contributed by atoms with Crippen LogP contribution in [0.25, 0.3) is 10.9 Å². The topological polar surface area (TPSA) is 89.8 Å². The Hall–Kier alpha value is -3.48. The molecule has 2 aromatic carbocycles. The first-order valence-corrected chi connectivity index (χ1v) is 7.45. The fourth-order valence-electron chi connectivity index (χ4n) is 2.49. The van der Waals surface area contributed by atoms with Crippen LogP contribution in [0.2, 0.25) is 0 Å². The summed E-state index contributed by atoms with van der Waals surface area (Å²) in [5, 5.41) is 13.1. The predicted molar refractivity (Wildman–Crippen MR) is 93.5 cm³/mol. The first-order valence-electron chi connectivity index (χ1n) is 7.45. The third kappa shape index (κ3) is 3.12. The maximum absolute atomic E-state index is 12.4. The van der Waals surface area contributed by atoms with E-state index in [1.54, 1.807) is 49.5 Å². The van der Waals surface area contributed by atoms with Crippen molar-refractivity contribution in [3.05, 3.63) is 58.9 Å². The number of rotatable bonds is 3. The average Bonchev–Trinajstić information content (AvgIpc) is 2.63. The molecule has 1 amide bonds. The Morgan fingerprint density at radius 3 is 2.60 bits per heavy atom. The fraction of sp³-hybridized carbons (Fsp3) is 0.111. The molecule has 128 valence electrons. The van der Waals surface area contributed by atoms with Gasteiger partial charge in [-0.3, -0.25) is 10.1 Å². The van der Waals surface area contributed by atoms with Crippen molar-refractivity contribution in [2.45, 2.75) is 0 Å². The Labute approximate surface area is 143 Å². The van der Waals surface area contributed by atoms with Crippen LogP contribution < -0.4 is 20.3 Å². The molecule has 0 saturated carbocycles. The molecule has 7 nitrogen and oxygen atoms in total. The number of benzene rings is 2. The molecule has 3 rings (SSSR count). The summed E-state index contributed by atoms with van der Waals surface area (Å²) in [7, 11) is 3.05. The lowest BCUT2D eigenvalue weighted by Gasteiger charge is -2.12. The highest BCUT2D eigenvalue weighted by molar-refractivity contribution is 5.95. The molecular formula is C18H16N2O5.